The average molecular weight is 339 g/mol. The van der Waals surface area contributed by atoms with Crippen molar-refractivity contribution in [3.63, 3.8) is 0 Å². The van der Waals surface area contributed by atoms with Crippen molar-refractivity contribution in [2.75, 3.05) is 39.9 Å². The summed E-state index contributed by atoms with van der Waals surface area (Å²) in [6.07, 6.45) is 0. The summed E-state index contributed by atoms with van der Waals surface area (Å²) < 4.78 is 4.86. The van der Waals surface area contributed by atoms with Crippen molar-refractivity contribution in [1.29, 1.82) is 0 Å². The third-order valence-electron chi connectivity index (χ3n) is 4.07. The standard InChI is InChI=1S/C16H25N3O3S/c1-11-9-14(13(3)23-11)12(2)17-16(21)19-7-5-18(6-8-19)15(20)10-22-4/h9,12H,5-8,10H2,1-4H3,(H,17,21). The van der Waals surface area contributed by atoms with Gasteiger partial charge in [0.15, 0.2) is 0 Å². The second-order valence-corrected chi connectivity index (χ2v) is 7.30. The van der Waals surface area contributed by atoms with Gasteiger partial charge in [0.1, 0.15) is 6.61 Å². The number of hydrogen-bond donors (Lipinski definition) is 1. The highest BCUT2D eigenvalue weighted by molar-refractivity contribution is 7.12. The minimum Gasteiger partial charge on any atom is -0.375 e. The first-order chi connectivity index (χ1) is 10.9. The summed E-state index contributed by atoms with van der Waals surface area (Å²) in [6, 6.07) is 2.05. The first-order valence-electron chi connectivity index (χ1n) is 7.81. The molecule has 1 fully saturated rings. The Kier molecular flexibility index (Phi) is 6.01. The monoisotopic (exact) mass is 339 g/mol. The van der Waals surface area contributed by atoms with Crippen LogP contribution in [0.15, 0.2) is 6.07 Å². The van der Waals surface area contributed by atoms with Crippen molar-refractivity contribution in [3.8, 4) is 0 Å². The lowest BCUT2D eigenvalue weighted by atomic mass is 10.1. The molecular weight excluding hydrogens is 314 g/mol. The first-order valence-corrected chi connectivity index (χ1v) is 8.63. The molecule has 0 aromatic carbocycles. The molecule has 1 aromatic heterocycles. The van der Waals surface area contributed by atoms with E-state index in [2.05, 4.69) is 25.2 Å². The normalized spacial score (nSPS) is 16.3. The fourth-order valence-electron chi connectivity index (χ4n) is 2.81. The van der Waals surface area contributed by atoms with Gasteiger partial charge in [-0.3, -0.25) is 4.79 Å². The summed E-state index contributed by atoms with van der Waals surface area (Å²) in [5.74, 6) is -0.0229. The zero-order valence-corrected chi connectivity index (χ0v) is 15.0. The molecule has 0 saturated carbocycles. The lowest BCUT2D eigenvalue weighted by Gasteiger charge is -2.35. The number of nitrogens with one attached hydrogen (secondary N) is 1. The molecule has 0 aliphatic carbocycles. The molecular formula is C16H25N3O3S. The van der Waals surface area contributed by atoms with Gasteiger partial charge in [0.25, 0.3) is 0 Å². The van der Waals surface area contributed by atoms with E-state index >= 15 is 0 Å². The van der Waals surface area contributed by atoms with Crippen LogP contribution in [0.5, 0.6) is 0 Å². The summed E-state index contributed by atoms with van der Waals surface area (Å²) in [5.41, 5.74) is 1.18. The summed E-state index contributed by atoms with van der Waals surface area (Å²) in [6.45, 7) is 8.47. The number of ether oxygens (including phenoxy) is 1. The van der Waals surface area contributed by atoms with Crippen LogP contribution in [0.4, 0.5) is 4.79 Å². The number of thiophene rings is 1. The van der Waals surface area contributed by atoms with E-state index < -0.39 is 0 Å². The number of hydrogen-bond acceptors (Lipinski definition) is 4. The van der Waals surface area contributed by atoms with Crippen LogP contribution in [-0.4, -0.2) is 61.6 Å². The Bertz CT molecular complexity index is 565. The largest absolute Gasteiger partial charge is 0.375 e. The van der Waals surface area contributed by atoms with Crippen LogP contribution in [0.2, 0.25) is 0 Å². The van der Waals surface area contributed by atoms with Crippen LogP contribution in [0.1, 0.15) is 28.3 Å². The number of nitrogens with zero attached hydrogens (tertiary/aromatic N) is 2. The molecule has 1 aliphatic heterocycles. The van der Waals surface area contributed by atoms with Gasteiger partial charge in [-0.15, -0.1) is 11.3 Å². The first kappa shape index (κ1) is 17.7. The van der Waals surface area contributed by atoms with E-state index in [0.717, 1.165) is 0 Å². The predicted octanol–water partition coefficient (Wildman–Crippen LogP) is 1.93. The summed E-state index contributed by atoms with van der Waals surface area (Å²) >= 11 is 1.75. The van der Waals surface area contributed by atoms with Crippen LogP contribution in [-0.2, 0) is 9.53 Å². The number of urea groups is 1. The topological polar surface area (TPSA) is 61.9 Å². The van der Waals surface area contributed by atoms with Crippen molar-refractivity contribution >= 4 is 23.3 Å². The highest BCUT2D eigenvalue weighted by Crippen LogP contribution is 2.26. The van der Waals surface area contributed by atoms with Gasteiger partial charge in [0, 0.05) is 43.0 Å². The van der Waals surface area contributed by atoms with Gasteiger partial charge in [-0.05, 0) is 32.4 Å². The number of piperazine rings is 1. The number of methoxy groups -OCH3 is 1. The quantitative estimate of drug-likeness (QED) is 0.912. The molecule has 23 heavy (non-hydrogen) atoms. The number of aryl methyl sites for hydroxylation is 2. The lowest BCUT2D eigenvalue weighted by Crippen LogP contribution is -2.54. The third kappa shape index (κ3) is 4.45. The van der Waals surface area contributed by atoms with Gasteiger partial charge in [0.2, 0.25) is 5.91 Å². The van der Waals surface area contributed by atoms with E-state index in [1.807, 2.05) is 6.92 Å². The second-order valence-electron chi connectivity index (χ2n) is 5.84. The highest BCUT2D eigenvalue weighted by Gasteiger charge is 2.25. The van der Waals surface area contributed by atoms with E-state index in [-0.39, 0.29) is 24.6 Å². The van der Waals surface area contributed by atoms with Crippen molar-refractivity contribution < 1.29 is 14.3 Å². The molecule has 7 heteroatoms. The Morgan fingerprint density at radius 2 is 1.87 bits per heavy atom. The van der Waals surface area contributed by atoms with Gasteiger partial charge < -0.3 is 19.9 Å². The number of amides is 3. The van der Waals surface area contributed by atoms with Crippen molar-refractivity contribution in [2.24, 2.45) is 0 Å². The third-order valence-corrected chi connectivity index (χ3v) is 5.05. The predicted molar refractivity (Wildman–Crippen MR) is 90.8 cm³/mol. The molecule has 1 aliphatic rings. The molecule has 1 atom stereocenters. The molecule has 0 spiro atoms. The maximum atomic E-state index is 12.4. The van der Waals surface area contributed by atoms with Crippen LogP contribution in [0.25, 0.3) is 0 Å². The zero-order chi connectivity index (χ0) is 17.0. The second kappa shape index (κ2) is 7.79. The van der Waals surface area contributed by atoms with Crippen LogP contribution in [0, 0.1) is 13.8 Å². The maximum Gasteiger partial charge on any atom is 0.317 e. The summed E-state index contributed by atoms with van der Waals surface area (Å²) in [4.78, 5) is 30.2. The average Bonchev–Trinajstić information content (AvgIpc) is 2.86. The van der Waals surface area contributed by atoms with Crippen molar-refractivity contribution in [2.45, 2.75) is 26.8 Å². The zero-order valence-electron chi connectivity index (χ0n) is 14.2. The number of rotatable bonds is 4. The minimum absolute atomic E-state index is 0.0133. The maximum absolute atomic E-state index is 12.4. The van der Waals surface area contributed by atoms with E-state index in [9.17, 15) is 9.59 Å². The van der Waals surface area contributed by atoms with Gasteiger partial charge in [0.05, 0.1) is 6.04 Å². The Morgan fingerprint density at radius 3 is 2.39 bits per heavy atom. The molecule has 1 unspecified atom stereocenters. The molecule has 6 nitrogen and oxygen atoms in total. The molecule has 2 heterocycles. The van der Waals surface area contributed by atoms with E-state index in [1.165, 1.54) is 22.4 Å². The Labute approximate surface area is 141 Å². The molecule has 1 N–H and O–H groups in total. The van der Waals surface area contributed by atoms with Gasteiger partial charge in [-0.25, -0.2) is 4.79 Å². The molecule has 2 rings (SSSR count). The summed E-state index contributed by atoms with van der Waals surface area (Å²) in [7, 11) is 1.51. The Hall–Kier alpha value is -1.60. The van der Waals surface area contributed by atoms with Gasteiger partial charge in [-0.2, -0.15) is 0 Å². The fourth-order valence-corrected chi connectivity index (χ4v) is 3.83. The number of carbonyl (C=O) groups excluding carboxylic acids is 2. The SMILES string of the molecule is COCC(=O)N1CCN(C(=O)NC(C)c2cc(C)sc2C)CC1. The lowest BCUT2D eigenvalue weighted by molar-refractivity contribution is -0.136. The van der Waals surface area contributed by atoms with Crippen molar-refractivity contribution in [3.05, 3.63) is 21.4 Å². The molecule has 0 bridgehead atoms. The smallest absolute Gasteiger partial charge is 0.317 e. The van der Waals surface area contributed by atoms with E-state index in [1.54, 1.807) is 21.1 Å². The molecule has 1 saturated heterocycles. The number of carbonyl (C=O) groups is 2. The van der Waals surface area contributed by atoms with Crippen LogP contribution < -0.4 is 5.32 Å². The molecule has 3 amide bonds. The molecule has 0 radical (unpaired) electrons. The van der Waals surface area contributed by atoms with Gasteiger partial charge >= 0.3 is 6.03 Å². The van der Waals surface area contributed by atoms with Crippen LogP contribution >= 0.6 is 11.3 Å². The fraction of sp³-hybridized carbons (Fsp3) is 0.625. The Morgan fingerprint density at radius 1 is 1.26 bits per heavy atom. The molecule has 1 aromatic rings. The van der Waals surface area contributed by atoms with E-state index in [4.69, 9.17) is 4.74 Å². The highest BCUT2D eigenvalue weighted by atomic mass is 32.1. The van der Waals surface area contributed by atoms with Crippen LogP contribution in [0.3, 0.4) is 0 Å². The van der Waals surface area contributed by atoms with Crippen molar-refractivity contribution in [1.82, 2.24) is 15.1 Å². The summed E-state index contributed by atoms with van der Waals surface area (Å²) in [5, 5.41) is 3.05. The Balaban J connectivity index is 1.85. The molecule has 128 valence electrons. The van der Waals surface area contributed by atoms with Gasteiger partial charge in [-0.1, -0.05) is 0 Å². The minimum atomic E-state index is -0.0698. The van der Waals surface area contributed by atoms with E-state index in [0.29, 0.717) is 26.2 Å².